The Bertz CT molecular complexity index is 467. The van der Waals surface area contributed by atoms with E-state index in [4.69, 9.17) is 9.52 Å². The van der Waals surface area contributed by atoms with E-state index in [-0.39, 0.29) is 24.4 Å². The number of urea groups is 1. The Morgan fingerprint density at radius 2 is 2.10 bits per heavy atom. The summed E-state index contributed by atoms with van der Waals surface area (Å²) in [5.41, 5.74) is 0.932. The number of carbonyl (C=O) groups excluding carboxylic acids is 1. The molecule has 2 amide bonds. The molecule has 0 fully saturated rings. The van der Waals surface area contributed by atoms with E-state index < -0.39 is 5.97 Å². The molecule has 0 radical (unpaired) electrons. The number of aryl methyl sites for hydroxylation is 1. The van der Waals surface area contributed by atoms with Crippen LogP contribution in [0.5, 0.6) is 0 Å². The molecule has 0 aliphatic carbocycles. The molecule has 0 aliphatic rings. The number of hydrogen-bond acceptors (Lipinski definition) is 3. The smallest absolute Gasteiger partial charge is 0.317 e. The van der Waals surface area contributed by atoms with E-state index in [1.807, 2.05) is 26.8 Å². The lowest BCUT2D eigenvalue weighted by molar-refractivity contribution is -0.137. The van der Waals surface area contributed by atoms with E-state index in [0.29, 0.717) is 6.54 Å². The highest BCUT2D eigenvalue weighted by Crippen LogP contribution is 2.12. The van der Waals surface area contributed by atoms with Gasteiger partial charge in [0.15, 0.2) is 0 Å². The molecule has 1 aromatic rings. The highest BCUT2D eigenvalue weighted by Gasteiger charge is 2.21. The van der Waals surface area contributed by atoms with Gasteiger partial charge in [-0.15, -0.1) is 0 Å². The van der Waals surface area contributed by atoms with E-state index in [2.05, 4.69) is 5.32 Å². The highest BCUT2D eigenvalue weighted by atomic mass is 16.4. The summed E-state index contributed by atoms with van der Waals surface area (Å²) in [6.07, 6.45) is 1.50. The van der Waals surface area contributed by atoms with Crippen molar-refractivity contribution in [2.24, 2.45) is 5.92 Å². The average Bonchev–Trinajstić information content (AvgIpc) is 2.73. The van der Waals surface area contributed by atoms with Crippen LogP contribution in [0.1, 0.15) is 31.6 Å². The minimum Gasteiger partial charge on any atom is -0.481 e. The summed E-state index contributed by atoms with van der Waals surface area (Å²) < 4.78 is 5.18. The molecule has 2 N–H and O–H groups in total. The number of carboxylic acid groups (broad SMARTS) is 1. The number of hydrogen-bond donors (Lipinski definition) is 2. The van der Waals surface area contributed by atoms with Gasteiger partial charge in [-0.1, -0.05) is 13.8 Å². The SMILES string of the molecule is Cc1occc1CN(C)C(=O)NC(CC(=O)O)C(C)C. The molecule has 0 aromatic carbocycles. The van der Waals surface area contributed by atoms with Gasteiger partial charge < -0.3 is 19.7 Å². The van der Waals surface area contributed by atoms with Crippen LogP contribution in [0.3, 0.4) is 0 Å². The number of rotatable bonds is 6. The van der Waals surface area contributed by atoms with Gasteiger partial charge in [0.05, 0.1) is 19.2 Å². The summed E-state index contributed by atoms with van der Waals surface area (Å²) in [6.45, 7) is 6.02. The van der Waals surface area contributed by atoms with Gasteiger partial charge in [0, 0.05) is 18.7 Å². The van der Waals surface area contributed by atoms with Gasteiger partial charge in [0.1, 0.15) is 5.76 Å². The Balaban J connectivity index is 2.59. The van der Waals surface area contributed by atoms with Crippen molar-refractivity contribution < 1.29 is 19.1 Å². The van der Waals surface area contributed by atoms with Gasteiger partial charge in [-0.25, -0.2) is 4.79 Å². The maximum atomic E-state index is 12.1. The highest BCUT2D eigenvalue weighted by molar-refractivity contribution is 5.75. The van der Waals surface area contributed by atoms with Crippen molar-refractivity contribution in [2.45, 2.75) is 39.8 Å². The second-order valence-electron chi connectivity index (χ2n) is 5.26. The van der Waals surface area contributed by atoms with Gasteiger partial charge >= 0.3 is 12.0 Å². The lowest BCUT2D eigenvalue weighted by Crippen LogP contribution is -2.45. The van der Waals surface area contributed by atoms with Crippen LogP contribution in [0.25, 0.3) is 0 Å². The third kappa shape index (κ3) is 4.60. The number of amides is 2. The van der Waals surface area contributed by atoms with Crippen LogP contribution in [0.15, 0.2) is 16.7 Å². The Morgan fingerprint density at radius 3 is 2.55 bits per heavy atom. The quantitative estimate of drug-likeness (QED) is 0.838. The number of nitrogens with zero attached hydrogens (tertiary/aromatic N) is 1. The lowest BCUT2D eigenvalue weighted by atomic mass is 10.0. The van der Waals surface area contributed by atoms with Crippen molar-refractivity contribution in [1.29, 1.82) is 0 Å². The maximum absolute atomic E-state index is 12.1. The second kappa shape index (κ2) is 6.98. The first-order valence-corrected chi connectivity index (χ1v) is 6.57. The Hall–Kier alpha value is -1.98. The summed E-state index contributed by atoms with van der Waals surface area (Å²) in [6, 6.07) is 1.15. The van der Waals surface area contributed by atoms with Crippen molar-refractivity contribution in [1.82, 2.24) is 10.2 Å². The molecule has 1 aromatic heterocycles. The van der Waals surface area contributed by atoms with Gasteiger partial charge in [0.25, 0.3) is 0 Å². The van der Waals surface area contributed by atoms with Crippen LogP contribution in [0, 0.1) is 12.8 Å². The van der Waals surface area contributed by atoms with Crippen molar-refractivity contribution in [2.75, 3.05) is 7.05 Å². The standard InChI is InChI=1S/C14H22N2O4/c1-9(2)12(7-13(17)18)15-14(19)16(4)8-11-5-6-20-10(11)3/h5-6,9,12H,7-8H2,1-4H3,(H,15,19)(H,17,18). The summed E-state index contributed by atoms with van der Waals surface area (Å²) in [4.78, 5) is 24.4. The summed E-state index contributed by atoms with van der Waals surface area (Å²) in [5.74, 6) is -0.0907. The molecule has 0 spiro atoms. The Kier molecular flexibility index (Phi) is 5.61. The number of nitrogens with one attached hydrogen (secondary N) is 1. The van der Waals surface area contributed by atoms with Crippen LogP contribution < -0.4 is 5.32 Å². The molecule has 6 nitrogen and oxygen atoms in total. The molecule has 1 rings (SSSR count). The van der Waals surface area contributed by atoms with Crippen molar-refractivity contribution in [3.63, 3.8) is 0 Å². The third-order valence-corrected chi connectivity index (χ3v) is 3.23. The van der Waals surface area contributed by atoms with Gasteiger partial charge in [-0.2, -0.15) is 0 Å². The minimum absolute atomic E-state index is 0.0547. The second-order valence-corrected chi connectivity index (χ2v) is 5.26. The Morgan fingerprint density at radius 1 is 1.45 bits per heavy atom. The van der Waals surface area contributed by atoms with Crippen LogP contribution in [0.4, 0.5) is 4.79 Å². The summed E-state index contributed by atoms with van der Waals surface area (Å²) in [7, 11) is 1.67. The monoisotopic (exact) mass is 282 g/mol. The van der Waals surface area contributed by atoms with Crippen LogP contribution in [-0.2, 0) is 11.3 Å². The Labute approximate surface area is 118 Å². The summed E-state index contributed by atoms with van der Waals surface area (Å²) >= 11 is 0. The fourth-order valence-electron chi connectivity index (χ4n) is 1.81. The van der Waals surface area contributed by atoms with Gasteiger partial charge in [0.2, 0.25) is 0 Å². The van der Waals surface area contributed by atoms with E-state index in [0.717, 1.165) is 11.3 Å². The fourth-order valence-corrected chi connectivity index (χ4v) is 1.81. The minimum atomic E-state index is -0.919. The van der Waals surface area contributed by atoms with E-state index in [1.54, 1.807) is 13.3 Å². The third-order valence-electron chi connectivity index (χ3n) is 3.23. The number of aliphatic carboxylic acids is 1. The molecule has 20 heavy (non-hydrogen) atoms. The molecular weight excluding hydrogens is 260 g/mol. The first-order valence-electron chi connectivity index (χ1n) is 6.57. The molecule has 1 heterocycles. The zero-order valence-corrected chi connectivity index (χ0v) is 12.3. The van der Waals surface area contributed by atoms with Crippen LogP contribution >= 0.6 is 0 Å². The molecule has 1 atom stereocenters. The van der Waals surface area contributed by atoms with E-state index in [1.165, 1.54) is 4.90 Å². The molecule has 0 saturated carbocycles. The molecule has 0 saturated heterocycles. The topological polar surface area (TPSA) is 82.8 Å². The maximum Gasteiger partial charge on any atom is 0.317 e. The van der Waals surface area contributed by atoms with Crippen LogP contribution in [-0.4, -0.2) is 35.1 Å². The first-order chi connectivity index (χ1) is 9.31. The normalized spacial score (nSPS) is 12.2. The van der Waals surface area contributed by atoms with E-state index >= 15 is 0 Å². The van der Waals surface area contributed by atoms with Gasteiger partial charge in [-0.3, -0.25) is 4.79 Å². The molecule has 0 bridgehead atoms. The largest absolute Gasteiger partial charge is 0.481 e. The van der Waals surface area contributed by atoms with Crippen molar-refractivity contribution >= 4 is 12.0 Å². The average molecular weight is 282 g/mol. The molecule has 112 valence electrons. The van der Waals surface area contributed by atoms with Gasteiger partial charge in [-0.05, 0) is 18.9 Å². The fraction of sp³-hybridized carbons (Fsp3) is 0.571. The summed E-state index contributed by atoms with van der Waals surface area (Å²) in [5, 5.41) is 11.6. The lowest BCUT2D eigenvalue weighted by Gasteiger charge is -2.25. The zero-order chi connectivity index (χ0) is 15.3. The molecular formula is C14H22N2O4. The molecule has 0 aliphatic heterocycles. The number of carbonyl (C=O) groups is 2. The van der Waals surface area contributed by atoms with Crippen molar-refractivity contribution in [3.05, 3.63) is 23.7 Å². The first kappa shape index (κ1) is 16.1. The number of furan rings is 1. The van der Waals surface area contributed by atoms with E-state index in [9.17, 15) is 9.59 Å². The van der Waals surface area contributed by atoms with Crippen LogP contribution in [0.2, 0.25) is 0 Å². The predicted octanol–water partition coefficient (Wildman–Crippen LogP) is 2.23. The molecule has 6 heteroatoms. The van der Waals surface area contributed by atoms with Crippen molar-refractivity contribution in [3.8, 4) is 0 Å². The zero-order valence-electron chi connectivity index (χ0n) is 12.3. The predicted molar refractivity (Wildman–Crippen MR) is 74.3 cm³/mol. The number of carboxylic acids is 1. The molecule has 1 unspecified atom stereocenters.